The van der Waals surface area contributed by atoms with Crippen LogP contribution in [0.5, 0.6) is 11.5 Å². The second-order valence-electron chi connectivity index (χ2n) is 3.92. The minimum absolute atomic E-state index is 0.0657. The van der Waals surface area contributed by atoms with Crippen LogP contribution >= 0.6 is 11.3 Å². The van der Waals surface area contributed by atoms with Gasteiger partial charge in [-0.15, -0.1) is 11.3 Å². The summed E-state index contributed by atoms with van der Waals surface area (Å²) in [5.41, 5.74) is 0. The van der Waals surface area contributed by atoms with Crippen molar-refractivity contribution in [3.63, 3.8) is 0 Å². The lowest BCUT2D eigenvalue weighted by molar-refractivity contribution is 0.392. The summed E-state index contributed by atoms with van der Waals surface area (Å²) in [7, 11) is -0.746. The molecule has 108 valence electrons. The van der Waals surface area contributed by atoms with Gasteiger partial charge in [-0.1, -0.05) is 6.07 Å². The molecule has 0 atom stereocenters. The average molecular weight is 313 g/mol. The summed E-state index contributed by atoms with van der Waals surface area (Å²) in [5.74, 6) is 0.742. The molecular formula is C13H15NO4S2. The van der Waals surface area contributed by atoms with Crippen molar-refractivity contribution in [3.8, 4) is 11.5 Å². The van der Waals surface area contributed by atoms with E-state index in [0.717, 1.165) is 4.88 Å². The minimum Gasteiger partial charge on any atom is -0.497 e. The van der Waals surface area contributed by atoms with Crippen LogP contribution in [-0.2, 0) is 16.6 Å². The highest BCUT2D eigenvalue weighted by molar-refractivity contribution is 7.89. The number of sulfonamides is 1. The van der Waals surface area contributed by atoms with Gasteiger partial charge in [0.1, 0.15) is 16.4 Å². The zero-order valence-corrected chi connectivity index (χ0v) is 12.8. The number of benzene rings is 1. The predicted molar refractivity (Wildman–Crippen MR) is 77.9 cm³/mol. The molecule has 2 rings (SSSR count). The molecule has 1 heterocycles. The first-order chi connectivity index (χ1) is 9.56. The zero-order valence-electron chi connectivity index (χ0n) is 11.1. The number of ether oxygens (including phenoxy) is 2. The summed E-state index contributed by atoms with van der Waals surface area (Å²) in [6.07, 6.45) is 0. The Balaban J connectivity index is 2.28. The Labute approximate surface area is 122 Å². The molecule has 20 heavy (non-hydrogen) atoms. The molecule has 0 bridgehead atoms. The van der Waals surface area contributed by atoms with Gasteiger partial charge in [0.15, 0.2) is 0 Å². The van der Waals surface area contributed by atoms with Gasteiger partial charge >= 0.3 is 0 Å². The normalized spacial score (nSPS) is 11.3. The van der Waals surface area contributed by atoms with Crippen molar-refractivity contribution in [2.24, 2.45) is 0 Å². The molecule has 0 fully saturated rings. The Morgan fingerprint density at radius 1 is 1.20 bits per heavy atom. The number of thiophene rings is 1. The Morgan fingerprint density at radius 2 is 2.00 bits per heavy atom. The summed E-state index contributed by atoms with van der Waals surface area (Å²) in [4.78, 5) is 1.01. The maximum Gasteiger partial charge on any atom is 0.244 e. The maximum absolute atomic E-state index is 12.3. The monoisotopic (exact) mass is 313 g/mol. The zero-order chi connectivity index (χ0) is 14.6. The number of hydrogen-bond donors (Lipinski definition) is 1. The lowest BCUT2D eigenvalue weighted by Gasteiger charge is -2.11. The molecule has 0 saturated carbocycles. The van der Waals surface area contributed by atoms with E-state index in [9.17, 15) is 8.42 Å². The molecule has 0 spiro atoms. The van der Waals surface area contributed by atoms with Crippen LogP contribution < -0.4 is 14.2 Å². The molecule has 7 heteroatoms. The van der Waals surface area contributed by atoms with E-state index in [4.69, 9.17) is 9.47 Å². The van der Waals surface area contributed by atoms with E-state index < -0.39 is 10.0 Å². The molecule has 0 radical (unpaired) electrons. The van der Waals surface area contributed by atoms with E-state index in [1.807, 2.05) is 17.5 Å². The first kappa shape index (κ1) is 14.8. The Morgan fingerprint density at radius 3 is 2.60 bits per heavy atom. The molecule has 0 amide bonds. The van der Waals surface area contributed by atoms with Crippen LogP contribution in [0.1, 0.15) is 4.88 Å². The number of nitrogens with one attached hydrogen (secondary N) is 1. The van der Waals surface area contributed by atoms with Gasteiger partial charge in [-0.05, 0) is 23.6 Å². The van der Waals surface area contributed by atoms with Crippen LogP contribution in [0, 0.1) is 0 Å². The summed E-state index contributed by atoms with van der Waals surface area (Å²) in [6.45, 7) is 0.250. The molecule has 2 aromatic rings. The highest BCUT2D eigenvalue weighted by Gasteiger charge is 2.20. The second kappa shape index (κ2) is 6.25. The topological polar surface area (TPSA) is 64.6 Å². The van der Waals surface area contributed by atoms with Gasteiger partial charge in [-0.2, -0.15) is 0 Å². The minimum atomic E-state index is -3.66. The van der Waals surface area contributed by atoms with Crippen molar-refractivity contribution < 1.29 is 17.9 Å². The van der Waals surface area contributed by atoms with Crippen molar-refractivity contribution in [1.82, 2.24) is 4.72 Å². The van der Waals surface area contributed by atoms with Crippen molar-refractivity contribution in [3.05, 3.63) is 40.6 Å². The van der Waals surface area contributed by atoms with Crippen LogP contribution in [0.25, 0.3) is 0 Å². The fourth-order valence-electron chi connectivity index (χ4n) is 1.65. The van der Waals surface area contributed by atoms with Gasteiger partial charge < -0.3 is 9.47 Å². The third-order valence-electron chi connectivity index (χ3n) is 2.68. The number of methoxy groups -OCH3 is 2. The van der Waals surface area contributed by atoms with Crippen LogP contribution in [0.2, 0.25) is 0 Å². The summed E-state index contributed by atoms with van der Waals surface area (Å²) >= 11 is 1.49. The number of hydrogen-bond acceptors (Lipinski definition) is 5. The van der Waals surface area contributed by atoms with E-state index in [1.165, 1.54) is 31.6 Å². The molecule has 0 aliphatic rings. The van der Waals surface area contributed by atoms with Crippen molar-refractivity contribution in [2.75, 3.05) is 14.2 Å². The van der Waals surface area contributed by atoms with E-state index in [-0.39, 0.29) is 17.2 Å². The highest BCUT2D eigenvalue weighted by Crippen LogP contribution is 2.28. The summed E-state index contributed by atoms with van der Waals surface area (Å²) in [5, 5.41) is 1.90. The fraction of sp³-hybridized carbons (Fsp3) is 0.231. The van der Waals surface area contributed by atoms with Crippen molar-refractivity contribution in [1.29, 1.82) is 0 Å². The van der Waals surface area contributed by atoms with E-state index in [2.05, 4.69) is 4.72 Å². The quantitative estimate of drug-likeness (QED) is 0.888. The second-order valence-corrected chi connectivity index (χ2v) is 6.69. The summed E-state index contributed by atoms with van der Waals surface area (Å²) in [6, 6.07) is 8.40. The molecule has 5 nitrogen and oxygen atoms in total. The summed E-state index contributed by atoms with van der Waals surface area (Å²) < 4.78 is 37.4. The first-order valence-electron chi connectivity index (χ1n) is 5.81. The third-order valence-corrected chi connectivity index (χ3v) is 4.98. The van der Waals surface area contributed by atoms with Crippen LogP contribution in [0.3, 0.4) is 0 Å². The van der Waals surface area contributed by atoms with Gasteiger partial charge in [0, 0.05) is 17.5 Å². The van der Waals surface area contributed by atoms with E-state index in [1.54, 1.807) is 12.1 Å². The van der Waals surface area contributed by atoms with Crippen molar-refractivity contribution >= 4 is 21.4 Å². The molecule has 1 N–H and O–H groups in total. The third kappa shape index (κ3) is 3.30. The standard InChI is InChI=1S/C13H15NO4S2/c1-17-10-5-6-12(18-2)13(8-10)20(15,16)14-9-11-4-3-7-19-11/h3-8,14H,9H2,1-2H3. The van der Waals surface area contributed by atoms with Crippen molar-refractivity contribution in [2.45, 2.75) is 11.4 Å². The van der Waals surface area contributed by atoms with E-state index >= 15 is 0 Å². The van der Waals surface area contributed by atoms with Gasteiger partial charge in [0.25, 0.3) is 0 Å². The molecular weight excluding hydrogens is 298 g/mol. The smallest absolute Gasteiger partial charge is 0.244 e. The molecule has 0 aliphatic carbocycles. The average Bonchev–Trinajstić information content (AvgIpc) is 2.98. The largest absolute Gasteiger partial charge is 0.497 e. The van der Waals surface area contributed by atoms with E-state index in [0.29, 0.717) is 5.75 Å². The van der Waals surface area contributed by atoms with Crippen LogP contribution in [0.15, 0.2) is 40.6 Å². The van der Waals surface area contributed by atoms with Crippen LogP contribution in [0.4, 0.5) is 0 Å². The SMILES string of the molecule is COc1ccc(OC)c(S(=O)(=O)NCc2cccs2)c1. The Hall–Kier alpha value is -1.57. The lowest BCUT2D eigenvalue weighted by Crippen LogP contribution is -2.23. The van der Waals surface area contributed by atoms with Gasteiger partial charge in [-0.25, -0.2) is 13.1 Å². The fourth-order valence-corrected chi connectivity index (χ4v) is 3.58. The molecule has 0 saturated heterocycles. The van der Waals surface area contributed by atoms with Gasteiger partial charge in [-0.3, -0.25) is 0 Å². The van der Waals surface area contributed by atoms with Crippen LogP contribution in [-0.4, -0.2) is 22.6 Å². The first-order valence-corrected chi connectivity index (χ1v) is 8.17. The molecule has 1 aromatic carbocycles. The highest BCUT2D eigenvalue weighted by atomic mass is 32.2. The maximum atomic E-state index is 12.3. The molecule has 0 unspecified atom stereocenters. The van der Waals surface area contributed by atoms with Gasteiger partial charge in [0.05, 0.1) is 14.2 Å². The predicted octanol–water partition coefficient (Wildman–Crippen LogP) is 2.24. The Bertz CT molecular complexity index is 666. The Kier molecular flexibility index (Phi) is 4.64. The number of rotatable bonds is 6. The molecule has 0 aliphatic heterocycles. The lowest BCUT2D eigenvalue weighted by atomic mass is 10.3. The van der Waals surface area contributed by atoms with Gasteiger partial charge in [0.2, 0.25) is 10.0 Å². The molecule has 1 aromatic heterocycles.